The first kappa shape index (κ1) is 17.9. The summed E-state index contributed by atoms with van der Waals surface area (Å²) in [4.78, 5) is 28.0. The van der Waals surface area contributed by atoms with Crippen molar-refractivity contribution in [3.63, 3.8) is 0 Å². The van der Waals surface area contributed by atoms with Crippen molar-refractivity contribution in [2.45, 2.75) is 13.0 Å². The lowest BCUT2D eigenvalue weighted by Gasteiger charge is -2.22. The maximum atomic E-state index is 13.3. The number of nitrogens with zero attached hydrogens (tertiary/aromatic N) is 2. The molecule has 2 amide bonds. The van der Waals surface area contributed by atoms with Crippen LogP contribution in [0.3, 0.4) is 0 Å². The second-order valence-corrected chi connectivity index (χ2v) is 6.18. The van der Waals surface area contributed by atoms with Gasteiger partial charge in [-0.3, -0.25) is 4.79 Å². The zero-order valence-electron chi connectivity index (χ0n) is 14.4. The van der Waals surface area contributed by atoms with Crippen LogP contribution in [0.25, 0.3) is 0 Å². The van der Waals surface area contributed by atoms with Crippen molar-refractivity contribution < 1.29 is 18.7 Å². The third kappa shape index (κ3) is 4.59. The van der Waals surface area contributed by atoms with Crippen LogP contribution in [-0.4, -0.2) is 48.0 Å². The van der Waals surface area contributed by atoms with Crippen molar-refractivity contribution in [3.05, 3.63) is 71.5 Å². The van der Waals surface area contributed by atoms with E-state index in [0.29, 0.717) is 38.2 Å². The summed E-state index contributed by atoms with van der Waals surface area (Å²) < 4.78 is 18.7. The highest BCUT2D eigenvalue weighted by atomic mass is 19.1. The van der Waals surface area contributed by atoms with Gasteiger partial charge in [-0.1, -0.05) is 36.4 Å². The molecular weight excluding hydrogens is 335 g/mol. The lowest BCUT2D eigenvalue weighted by molar-refractivity contribution is 0.0748. The van der Waals surface area contributed by atoms with Crippen LogP contribution in [0, 0.1) is 5.82 Å². The van der Waals surface area contributed by atoms with Gasteiger partial charge in [0, 0.05) is 31.7 Å². The molecule has 2 aromatic carbocycles. The van der Waals surface area contributed by atoms with E-state index in [-0.39, 0.29) is 18.6 Å². The van der Waals surface area contributed by atoms with Gasteiger partial charge in [-0.05, 0) is 30.2 Å². The Hall–Kier alpha value is -2.89. The van der Waals surface area contributed by atoms with Gasteiger partial charge in [0.2, 0.25) is 0 Å². The average Bonchev–Trinajstić information content (AvgIpc) is 2.92. The van der Waals surface area contributed by atoms with Crippen LogP contribution in [0.5, 0.6) is 0 Å². The molecule has 136 valence electrons. The number of hydrogen-bond donors (Lipinski definition) is 0. The van der Waals surface area contributed by atoms with Crippen LogP contribution in [0.15, 0.2) is 54.6 Å². The first-order chi connectivity index (χ1) is 12.6. The van der Waals surface area contributed by atoms with E-state index in [9.17, 15) is 14.0 Å². The quantitative estimate of drug-likeness (QED) is 0.848. The number of halogens is 1. The fraction of sp³-hybridized carbons (Fsp3) is 0.300. The minimum Gasteiger partial charge on any atom is -0.445 e. The molecule has 3 rings (SSSR count). The number of hydrogen-bond acceptors (Lipinski definition) is 3. The van der Waals surface area contributed by atoms with Gasteiger partial charge in [0.15, 0.2) is 0 Å². The molecule has 0 unspecified atom stereocenters. The summed E-state index contributed by atoms with van der Waals surface area (Å²) in [6, 6.07) is 15.2. The molecule has 26 heavy (non-hydrogen) atoms. The Morgan fingerprint density at radius 2 is 1.65 bits per heavy atom. The highest BCUT2D eigenvalue weighted by Crippen LogP contribution is 2.12. The molecular formula is C20H21FN2O3. The van der Waals surface area contributed by atoms with Gasteiger partial charge in [-0.25, -0.2) is 9.18 Å². The summed E-state index contributed by atoms with van der Waals surface area (Å²) >= 11 is 0. The van der Waals surface area contributed by atoms with E-state index in [0.717, 1.165) is 5.56 Å². The molecule has 0 N–H and O–H groups in total. The Bertz CT molecular complexity index is 767. The summed E-state index contributed by atoms with van der Waals surface area (Å²) in [7, 11) is 0. The number of carbonyl (C=O) groups excluding carboxylic acids is 2. The zero-order chi connectivity index (χ0) is 18.4. The van der Waals surface area contributed by atoms with E-state index in [1.807, 2.05) is 30.3 Å². The van der Waals surface area contributed by atoms with Gasteiger partial charge in [0.25, 0.3) is 5.91 Å². The maximum Gasteiger partial charge on any atom is 0.410 e. The number of ether oxygens (including phenoxy) is 1. The topological polar surface area (TPSA) is 49.9 Å². The molecule has 0 aliphatic carbocycles. The molecule has 1 aliphatic rings. The fourth-order valence-electron chi connectivity index (χ4n) is 2.92. The molecule has 0 bridgehead atoms. The van der Waals surface area contributed by atoms with E-state index < -0.39 is 5.82 Å². The SMILES string of the molecule is O=C(OCc1ccccc1)N1CCCN(C(=O)c2cccc(F)c2)CC1. The third-order valence-electron chi connectivity index (χ3n) is 4.32. The summed E-state index contributed by atoms with van der Waals surface area (Å²) in [6.45, 7) is 2.07. The van der Waals surface area contributed by atoms with Gasteiger partial charge >= 0.3 is 6.09 Å². The molecule has 0 radical (unpaired) electrons. The minimum absolute atomic E-state index is 0.219. The largest absolute Gasteiger partial charge is 0.445 e. The monoisotopic (exact) mass is 356 g/mol. The first-order valence-electron chi connectivity index (χ1n) is 8.64. The molecule has 0 atom stereocenters. The Balaban J connectivity index is 1.54. The molecule has 2 aromatic rings. The van der Waals surface area contributed by atoms with Crippen molar-refractivity contribution in [2.24, 2.45) is 0 Å². The second-order valence-electron chi connectivity index (χ2n) is 6.18. The predicted molar refractivity (Wildman–Crippen MR) is 95.1 cm³/mol. The second kappa shape index (κ2) is 8.47. The van der Waals surface area contributed by atoms with Crippen LogP contribution in [0.2, 0.25) is 0 Å². The van der Waals surface area contributed by atoms with Crippen LogP contribution in [0.4, 0.5) is 9.18 Å². The fourth-order valence-corrected chi connectivity index (χ4v) is 2.92. The predicted octanol–water partition coefficient (Wildman–Crippen LogP) is 3.31. The van der Waals surface area contributed by atoms with Crippen LogP contribution >= 0.6 is 0 Å². The first-order valence-corrected chi connectivity index (χ1v) is 8.64. The van der Waals surface area contributed by atoms with Gasteiger partial charge in [-0.2, -0.15) is 0 Å². The molecule has 1 heterocycles. The minimum atomic E-state index is -0.434. The van der Waals surface area contributed by atoms with E-state index in [1.54, 1.807) is 15.9 Å². The van der Waals surface area contributed by atoms with Gasteiger partial charge in [0.1, 0.15) is 12.4 Å². The molecule has 0 saturated carbocycles. The van der Waals surface area contributed by atoms with Crippen LogP contribution in [0.1, 0.15) is 22.3 Å². The van der Waals surface area contributed by atoms with Gasteiger partial charge < -0.3 is 14.5 Å². The van der Waals surface area contributed by atoms with E-state index in [2.05, 4.69) is 0 Å². The van der Waals surface area contributed by atoms with Gasteiger partial charge in [-0.15, -0.1) is 0 Å². The lowest BCUT2D eigenvalue weighted by atomic mass is 10.2. The van der Waals surface area contributed by atoms with Crippen molar-refractivity contribution in [1.82, 2.24) is 9.80 Å². The van der Waals surface area contributed by atoms with Crippen molar-refractivity contribution in [1.29, 1.82) is 0 Å². The Labute approximate surface area is 152 Å². The smallest absolute Gasteiger partial charge is 0.410 e. The lowest BCUT2D eigenvalue weighted by Crippen LogP contribution is -2.37. The molecule has 1 saturated heterocycles. The number of rotatable bonds is 3. The van der Waals surface area contributed by atoms with Crippen molar-refractivity contribution in [2.75, 3.05) is 26.2 Å². The number of amides is 2. The maximum absolute atomic E-state index is 13.3. The van der Waals surface area contributed by atoms with Gasteiger partial charge in [0.05, 0.1) is 0 Å². The van der Waals surface area contributed by atoms with Crippen LogP contribution in [-0.2, 0) is 11.3 Å². The Morgan fingerprint density at radius 3 is 2.42 bits per heavy atom. The van der Waals surface area contributed by atoms with E-state index in [1.165, 1.54) is 18.2 Å². The Morgan fingerprint density at radius 1 is 0.923 bits per heavy atom. The normalized spacial score (nSPS) is 14.7. The van der Waals surface area contributed by atoms with E-state index in [4.69, 9.17) is 4.74 Å². The highest BCUT2D eigenvalue weighted by molar-refractivity contribution is 5.94. The molecule has 0 spiro atoms. The number of carbonyl (C=O) groups is 2. The molecule has 0 aromatic heterocycles. The Kier molecular flexibility index (Phi) is 5.84. The summed E-state index contributed by atoms with van der Waals surface area (Å²) in [6.07, 6.45) is 0.274. The standard InChI is InChI=1S/C20H21FN2O3/c21-18-9-4-8-17(14-18)19(24)22-10-5-11-23(13-12-22)20(25)26-15-16-6-2-1-3-7-16/h1-4,6-9,14H,5,10-13,15H2. The molecule has 5 nitrogen and oxygen atoms in total. The summed E-state index contributed by atoms with van der Waals surface area (Å²) in [5, 5.41) is 0. The highest BCUT2D eigenvalue weighted by Gasteiger charge is 2.23. The third-order valence-corrected chi connectivity index (χ3v) is 4.32. The number of benzene rings is 2. The van der Waals surface area contributed by atoms with Crippen molar-refractivity contribution in [3.8, 4) is 0 Å². The molecule has 1 aliphatic heterocycles. The molecule has 1 fully saturated rings. The summed E-state index contributed by atoms with van der Waals surface area (Å²) in [5.41, 5.74) is 1.25. The van der Waals surface area contributed by atoms with E-state index >= 15 is 0 Å². The summed E-state index contributed by atoms with van der Waals surface area (Å²) in [5.74, 6) is -0.652. The van der Waals surface area contributed by atoms with Crippen LogP contribution < -0.4 is 0 Å². The van der Waals surface area contributed by atoms with Crippen molar-refractivity contribution >= 4 is 12.0 Å². The molecule has 6 heteroatoms. The zero-order valence-corrected chi connectivity index (χ0v) is 14.4. The average molecular weight is 356 g/mol.